The molecular formula is C12H17NO3S. The van der Waals surface area contributed by atoms with Crippen LogP contribution in [0.1, 0.15) is 12.0 Å². The molecule has 0 bridgehead atoms. The molecule has 1 heterocycles. The molecule has 0 spiro atoms. The molecular weight excluding hydrogens is 238 g/mol. The topological polar surface area (TPSA) is 64.7 Å². The summed E-state index contributed by atoms with van der Waals surface area (Å²) in [6.07, 6.45) is 1.51. The molecule has 3 N–H and O–H groups in total. The largest absolute Gasteiger partial charge is 0.492 e. The third kappa shape index (κ3) is 3.35. The molecule has 2 rings (SSSR count). The van der Waals surface area contributed by atoms with E-state index in [-0.39, 0.29) is 13.2 Å². The van der Waals surface area contributed by atoms with E-state index >= 15 is 0 Å². The Kier molecular flexibility index (Phi) is 4.67. The van der Waals surface area contributed by atoms with Crippen molar-refractivity contribution in [1.29, 1.82) is 0 Å². The summed E-state index contributed by atoms with van der Waals surface area (Å²) in [5, 5.41) is 9.28. The third-order valence-corrected chi connectivity index (χ3v) is 3.33. The van der Waals surface area contributed by atoms with Gasteiger partial charge in [-0.05, 0) is 24.5 Å². The van der Waals surface area contributed by atoms with Gasteiger partial charge < -0.3 is 19.8 Å². The summed E-state index contributed by atoms with van der Waals surface area (Å²) in [5.41, 5.74) is 6.52. The lowest BCUT2D eigenvalue weighted by Crippen LogP contribution is -2.23. The van der Waals surface area contributed by atoms with Crippen molar-refractivity contribution in [3.05, 3.63) is 23.8 Å². The van der Waals surface area contributed by atoms with Crippen molar-refractivity contribution in [2.24, 2.45) is 5.73 Å². The van der Waals surface area contributed by atoms with Gasteiger partial charge in [0.25, 0.3) is 0 Å². The zero-order valence-corrected chi connectivity index (χ0v) is 10.4. The van der Waals surface area contributed by atoms with Crippen molar-refractivity contribution >= 4 is 12.0 Å². The lowest BCUT2D eigenvalue weighted by molar-refractivity contribution is 0.125. The number of para-hydroxylation sites is 1. The average molecular weight is 255 g/mol. The van der Waals surface area contributed by atoms with E-state index in [2.05, 4.69) is 6.07 Å². The zero-order valence-electron chi connectivity index (χ0n) is 9.59. The van der Waals surface area contributed by atoms with Crippen molar-refractivity contribution < 1.29 is 14.0 Å². The number of aryl methyl sites for hydroxylation is 1. The first kappa shape index (κ1) is 12.7. The van der Waals surface area contributed by atoms with Crippen LogP contribution in [0.3, 0.4) is 0 Å². The Morgan fingerprint density at radius 2 is 2.41 bits per heavy atom. The van der Waals surface area contributed by atoms with Gasteiger partial charge in [-0.3, -0.25) is 0 Å². The molecule has 5 heteroatoms. The Balaban J connectivity index is 1.96. The average Bonchev–Trinajstić information content (AvgIpc) is 2.39. The summed E-state index contributed by atoms with van der Waals surface area (Å²) in [6.45, 7) is 1.20. The molecule has 0 fully saturated rings. The van der Waals surface area contributed by atoms with Gasteiger partial charge in [0.15, 0.2) is 0 Å². The number of nitrogens with two attached hydrogens (primary N) is 1. The van der Waals surface area contributed by atoms with Gasteiger partial charge in [-0.1, -0.05) is 12.1 Å². The van der Waals surface area contributed by atoms with Gasteiger partial charge in [0.05, 0.1) is 24.2 Å². The minimum atomic E-state index is -0.608. The van der Waals surface area contributed by atoms with E-state index in [4.69, 9.17) is 14.7 Å². The highest BCUT2D eigenvalue weighted by Crippen LogP contribution is 2.35. The standard InChI is InChI=1S/C12H17NO3S/c13-7-10(14)8-16-17-11-5-1-3-9-4-2-6-15-12(9)11/h1,3,5,10,14H,2,4,6-8,13H2. The molecule has 0 aliphatic carbocycles. The molecule has 1 aromatic carbocycles. The first-order chi connectivity index (χ1) is 8.31. The predicted molar refractivity (Wildman–Crippen MR) is 67.1 cm³/mol. The van der Waals surface area contributed by atoms with Crippen molar-refractivity contribution in [2.45, 2.75) is 23.8 Å². The van der Waals surface area contributed by atoms with Gasteiger partial charge in [-0.2, -0.15) is 0 Å². The molecule has 1 unspecified atom stereocenters. The first-order valence-electron chi connectivity index (χ1n) is 5.73. The SMILES string of the molecule is NCC(O)COSc1cccc2c1OCCC2. The Labute approximate surface area is 105 Å². The number of ether oxygens (including phenoxy) is 1. The molecule has 0 radical (unpaired) electrons. The highest BCUT2D eigenvalue weighted by atomic mass is 32.2. The molecule has 94 valence electrons. The Bertz CT molecular complexity index is 373. The summed E-state index contributed by atoms with van der Waals surface area (Å²) in [4.78, 5) is 0.964. The number of aliphatic hydroxyl groups is 1. The molecule has 1 atom stereocenters. The second-order valence-corrected chi connectivity index (χ2v) is 4.80. The van der Waals surface area contributed by atoms with E-state index < -0.39 is 6.10 Å². The zero-order chi connectivity index (χ0) is 12.1. The van der Waals surface area contributed by atoms with Crippen LogP contribution in [-0.2, 0) is 10.6 Å². The predicted octanol–water partition coefficient (Wildman–Crippen LogP) is 1.35. The van der Waals surface area contributed by atoms with Crippen LogP contribution in [0.25, 0.3) is 0 Å². The number of benzene rings is 1. The van der Waals surface area contributed by atoms with E-state index in [0.717, 1.165) is 30.1 Å². The van der Waals surface area contributed by atoms with Crippen LogP contribution in [0, 0.1) is 0 Å². The Morgan fingerprint density at radius 1 is 1.53 bits per heavy atom. The van der Waals surface area contributed by atoms with E-state index in [1.807, 2.05) is 12.1 Å². The number of hydrogen-bond acceptors (Lipinski definition) is 5. The van der Waals surface area contributed by atoms with Crippen LogP contribution in [0.2, 0.25) is 0 Å². The van der Waals surface area contributed by atoms with Gasteiger partial charge >= 0.3 is 0 Å². The van der Waals surface area contributed by atoms with E-state index in [0.29, 0.717) is 0 Å². The molecule has 4 nitrogen and oxygen atoms in total. The number of rotatable bonds is 5. The minimum Gasteiger partial charge on any atom is -0.492 e. The van der Waals surface area contributed by atoms with Crippen molar-refractivity contribution in [3.8, 4) is 5.75 Å². The fourth-order valence-corrected chi connectivity index (χ4v) is 2.42. The molecule has 0 saturated heterocycles. The molecule has 1 aliphatic heterocycles. The normalized spacial score (nSPS) is 16.1. The van der Waals surface area contributed by atoms with E-state index in [1.54, 1.807) is 0 Å². The molecule has 1 aliphatic rings. The highest BCUT2D eigenvalue weighted by molar-refractivity contribution is 7.94. The lowest BCUT2D eigenvalue weighted by atomic mass is 10.1. The van der Waals surface area contributed by atoms with Crippen molar-refractivity contribution in [2.75, 3.05) is 19.8 Å². The summed E-state index contributed by atoms with van der Waals surface area (Å²) < 4.78 is 11.0. The Morgan fingerprint density at radius 3 is 3.24 bits per heavy atom. The summed E-state index contributed by atoms with van der Waals surface area (Å²) in [5.74, 6) is 0.922. The van der Waals surface area contributed by atoms with Gasteiger partial charge in [0.1, 0.15) is 5.75 Å². The van der Waals surface area contributed by atoms with Crippen molar-refractivity contribution in [3.63, 3.8) is 0 Å². The maximum Gasteiger partial charge on any atom is 0.138 e. The molecule has 0 saturated carbocycles. The van der Waals surface area contributed by atoms with Gasteiger partial charge in [0.2, 0.25) is 0 Å². The van der Waals surface area contributed by atoms with Gasteiger partial charge in [-0.15, -0.1) is 0 Å². The smallest absolute Gasteiger partial charge is 0.138 e. The van der Waals surface area contributed by atoms with Crippen molar-refractivity contribution in [1.82, 2.24) is 0 Å². The maximum atomic E-state index is 9.28. The monoisotopic (exact) mass is 255 g/mol. The lowest BCUT2D eigenvalue weighted by Gasteiger charge is -2.19. The minimum absolute atomic E-state index is 0.212. The third-order valence-electron chi connectivity index (χ3n) is 2.58. The van der Waals surface area contributed by atoms with Crippen LogP contribution >= 0.6 is 12.0 Å². The van der Waals surface area contributed by atoms with Crippen LogP contribution in [0.5, 0.6) is 5.75 Å². The summed E-state index contributed by atoms with van der Waals surface area (Å²) in [6, 6.07) is 6.04. The molecule has 0 amide bonds. The highest BCUT2D eigenvalue weighted by Gasteiger charge is 2.15. The number of fused-ring (bicyclic) bond motifs is 1. The number of hydrogen-bond donors (Lipinski definition) is 2. The fraction of sp³-hybridized carbons (Fsp3) is 0.500. The van der Waals surface area contributed by atoms with Gasteiger partial charge in [0, 0.05) is 18.6 Å². The Hall–Kier alpha value is -0.750. The van der Waals surface area contributed by atoms with Crippen LogP contribution in [-0.4, -0.2) is 31.0 Å². The second-order valence-electron chi connectivity index (χ2n) is 3.95. The quantitative estimate of drug-likeness (QED) is 0.778. The summed E-state index contributed by atoms with van der Waals surface area (Å²) in [7, 11) is 0. The maximum absolute atomic E-state index is 9.28. The van der Waals surface area contributed by atoms with Crippen LogP contribution < -0.4 is 10.5 Å². The second kappa shape index (κ2) is 6.26. The van der Waals surface area contributed by atoms with Crippen LogP contribution in [0.4, 0.5) is 0 Å². The van der Waals surface area contributed by atoms with Crippen LogP contribution in [0.15, 0.2) is 23.1 Å². The molecule has 0 aromatic heterocycles. The van der Waals surface area contributed by atoms with Gasteiger partial charge in [-0.25, -0.2) is 0 Å². The molecule has 17 heavy (non-hydrogen) atoms. The first-order valence-corrected chi connectivity index (χ1v) is 6.47. The van der Waals surface area contributed by atoms with E-state index in [9.17, 15) is 5.11 Å². The summed E-state index contributed by atoms with van der Waals surface area (Å²) >= 11 is 1.24. The fourth-order valence-electron chi connectivity index (χ4n) is 1.67. The number of aliphatic hydroxyl groups excluding tert-OH is 1. The van der Waals surface area contributed by atoms with E-state index in [1.165, 1.54) is 17.6 Å². The molecule has 1 aromatic rings.